The fraction of sp³-hybridized carbons (Fsp3) is 0.400. The average molecular weight is 215 g/mol. The summed E-state index contributed by atoms with van der Waals surface area (Å²) in [6.45, 7) is 2.71. The minimum Gasteiger partial charge on any atom is -0.399 e. The van der Waals surface area contributed by atoms with Crippen LogP contribution in [0.3, 0.4) is 0 Å². The third-order valence-electron chi connectivity index (χ3n) is 1.98. The minimum absolute atomic E-state index is 0.156. The van der Waals surface area contributed by atoms with Crippen molar-refractivity contribution in [3.63, 3.8) is 0 Å². The van der Waals surface area contributed by atoms with Crippen molar-refractivity contribution in [3.8, 4) is 0 Å². The Morgan fingerprint density at radius 3 is 2.86 bits per heavy atom. The van der Waals surface area contributed by atoms with E-state index in [2.05, 4.69) is 5.32 Å². The molecule has 1 aromatic rings. The first-order valence-corrected chi connectivity index (χ1v) is 4.83. The molecule has 0 amide bonds. The summed E-state index contributed by atoms with van der Waals surface area (Å²) in [5.41, 5.74) is 7.12. The minimum atomic E-state index is 0.156. The molecule has 0 radical (unpaired) electrons. The number of halogens is 1. The number of hydrogen-bond donors (Lipinski definition) is 2. The van der Waals surface area contributed by atoms with E-state index in [4.69, 9.17) is 22.1 Å². The first-order chi connectivity index (χ1) is 6.63. The highest BCUT2D eigenvalue weighted by atomic mass is 35.5. The predicted octanol–water partition coefficient (Wildman–Crippen LogP) is 2.37. The van der Waals surface area contributed by atoms with Gasteiger partial charge in [-0.15, -0.1) is 0 Å². The maximum absolute atomic E-state index is 5.97. The summed E-state index contributed by atoms with van der Waals surface area (Å²) in [7, 11) is 1.68. The summed E-state index contributed by atoms with van der Waals surface area (Å²) < 4.78 is 5.11. The number of hydrogen-bond acceptors (Lipinski definition) is 3. The van der Waals surface area contributed by atoms with E-state index in [1.165, 1.54) is 0 Å². The van der Waals surface area contributed by atoms with Gasteiger partial charge in [-0.25, -0.2) is 0 Å². The van der Waals surface area contributed by atoms with E-state index in [-0.39, 0.29) is 6.10 Å². The molecule has 3 nitrogen and oxygen atoms in total. The summed E-state index contributed by atoms with van der Waals surface area (Å²) in [5.74, 6) is 0. The van der Waals surface area contributed by atoms with E-state index >= 15 is 0 Å². The molecule has 14 heavy (non-hydrogen) atoms. The van der Waals surface area contributed by atoms with Gasteiger partial charge in [0.25, 0.3) is 0 Å². The molecule has 4 heteroatoms. The smallest absolute Gasteiger partial charge is 0.0715 e. The second kappa shape index (κ2) is 5.08. The number of anilines is 2. The van der Waals surface area contributed by atoms with Crippen LogP contribution in [0.25, 0.3) is 0 Å². The maximum Gasteiger partial charge on any atom is 0.0715 e. The molecule has 0 aliphatic rings. The molecular weight excluding hydrogens is 200 g/mol. The van der Waals surface area contributed by atoms with Crippen molar-refractivity contribution in [2.75, 3.05) is 24.7 Å². The van der Waals surface area contributed by atoms with Crippen LogP contribution < -0.4 is 11.1 Å². The van der Waals surface area contributed by atoms with Gasteiger partial charge in [0.2, 0.25) is 0 Å². The molecule has 1 unspecified atom stereocenters. The second-order valence-corrected chi connectivity index (χ2v) is 3.57. The van der Waals surface area contributed by atoms with Gasteiger partial charge in [0.15, 0.2) is 0 Å². The Kier molecular flexibility index (Phi) is 4.04. The normalized spacial score (nSPS) is 12.5. The molecule has 0 saturated heterocycles. The quantitative estimate of drug-likeness (QED) is 0.757. The second-order valence-electron chi connectivity index (χ2n) is 3.17. The van der Waals surface area contributed by atoms with Crippen LogP contribution >= 0.6 is 11.6 Å². The summed E-state index contributed by atoms with van der Waals surface area (Å²) >= 11 is 5.97. The Balaban J connectivity index is 2.59. The molecule has 0 aliphatic heterocycles. The van der Waals surface area contributed by atoms with Gasteiger partial charge in [-0.3, -0.25) is 0 Å². The topological polar surface area (TPSA) is 47.3 Å². The van der Waals surface area contributed by atoms with Gasteiger partial charge < -0.3 is 15.8 Å². The number of nitrogens with two attached hydrogens (primary N) is 1. The van der Waals surface area contributed by atoms with Crippen LogP contribution in [0.5, 0.6) is 0 Å². The van der Waals surface area contributed by atoms with Gasteiger partial charge in [0, 0.05) is 19.3 Å². The standard InChI is InChI=1S/C10H15ClN2O/c1-7(14-2)6-13-10-4-3-8(12)5-9(10)11/h3-5,7,13H,6,12H2,1-2H3. The van der Waals surface area contributed by atoms with E-state index in [0.717, 1.165) is 12.2 Å². The van der Waals surface area contributed by atoms with Crippen molar-refractivity contribution in [3.05, 3.63) is 23.2 Å². The third-order valence-corrected chi connectivity index (χ3v) is 2.29. The van der Waals surface area contributed by atoms with E-state index < -0.39 is 0 Å². The maximum atomic E-state index is 5.97. The molecule has 0 heterocycles. The first-order valence-electron chi connectivity index (χ1n) is 4.45. The van der Waals surface area contributed by atoms with Crippen LogP contribution in [0.1, 0.15) is 6.92 Å². The largest absolute Gasteiger partial charge is 0.399 e. The number of benzene rings is 1. The zero-order valence-corrected chi connectivity index (χ0v) is 9.14. The third kappa shape index (κ3) is 3.09. The van der Waals surface area contributed by atoms with Crippen LogP contribution in [-0.2, 0) is 4.74 Å². The Labute approximate surface area is 89.2 Å². The van der Waals surface area contributed by atoms with E-state index in [9.17, 15) is 0 Å². The van der Waals surface area contributed by atoms with E-state index in [1.54, 1.807) is 13.2 Å². The van der Waals surface area contributed by atoms with Gasteiger partial charge in [-0.2, -0.15) is 0 Å². The molecule has 0 bridgehead atoms. The van der Waals surface area contributed by atoms with Gasteiger partial charge in [0.05, 0.1) is 16.8 Å². The zero-order chi connectivity index (χ0) is 10.6. The van der Waals surface area contributed by atoms with Crippen molar-refractivity contribution in [1.29, 1.82) is 0 Å². The van der Waals surface area contributed by atoms with Crippen molar-refractivity contribution in [2.45, 2.75) is 13.0 Å². The number of nitrogen functional groups attached to an aromatic ring is 1. The van der Waals surface area contributed by atoms with Gasteiger partial charge >= 0.3 is 0 Å². The summed E-state index contributed by atoms with van der Waals surface area (Å²) in [6, 6.07) is 5.40. The summed E-state index contributed by atoms with van der Waals surface area (Å²) in [5, 5.41) is 3.81. The molecule has 3 N–H and O–H groups in total. The molecule has 1 rings (SSSR count). The molecule has 0 aliphatic carbocycles. The number of nitrogens with one attached hydrogen (secondary N) is 1. The molecule has 0 aromatic heterocycles. The van der Waals surface area contributed by atoms with E-state index in [0.29, 0.717) is 10.7 Å². The molecule has 1 atom stereocenters. The van der Waals surface area contributed by atoms with Crippen molar-refractivity contribution < 1.29 is 4.74 Å². The number of rotatable bonds is 4. The monoisotopic (exact) mass is 214 g/mol. The molecule has 0 spiro atoms. The van der Waals surface area contributed by atoms with Gasteiger partial charge in [-0.1, -0.05) is 11.6 Å². The van der Waals surface area contributed by atoms with Crippen LogP contribution in [0.15, 0.2) is 18.2 Å². The Morgan fingerprint density at radius 1 is 1.57 bits per heavy atom. The SMILES string of the molecule is COC(C)CNc1ccc(N)cc1Cl. The van der Waals surface area contributed by atoms with Crippen molar-refractivity contribution in [2.24, 2.45) is 0 Å². The highest BCUT2D eigenvalue weighted by molar-refractivity contribution is 6.33. The Bertz CT molecular complexity index is 304. The number of ether oxygens (including phenoxy) is 1. The van der Waals surface area contributed by atoms with Crippen molar-refractivity contribution >= 4 is 23.0 Å². The summed E-state index contributed by atoms with van der Waals surface area (Å²) in [6.07, 6.45) is 0.156. The Hall–Kier alpha value is -0.930. The predicted molar refractivity (Wildman–Crippen MR) is 60.8 cm³/mol. The molecule has 1 aromatic carbocycles. The zero-order valence-electron chi connectivity index (χ0n) is 8.38. The highest BCUT2D eigenvalue weighted by Crippen LogP contribution is 2.23. The fourth-order valence-corrected chi connectivity index (χ4v) is 1.27. The van der Waals surface area contributed by atoms with Crippen LogP contribution in [-0.4, -0.2) is 19.8 Å². The molecule has 0 fully saturated rings. The van der Waals surface area contributed by atoms with Gasteiger partial charge in [0.1, 0.15) is 0 Å². The van der Waals surface area contributed by atoms with Crippen LogP contribution in [0, 0.1) is 0 Å². The van der Waals surface area contributed by atoms with Crippen LogP contribution in [0.2, 0.25) is 5.02 Å². The molecule has 78 valence electrons. The summed E-state index contributed by atoms with van der Waals surface area (Å²) in [4.78, 5) is 0. The average Bonchev–Trinajstić information content (AvgIpc) is 2.16. The lowest BCUT2D eigenvalue weighted by molar-refractivity contribution is 0.129. The first kappa shape index (κ1) is 11.1. The highest BCUT2D eigenvalue weighted by Gasteiger charge is 2.02. The number of methoxy groups -OCH3 is 1. The lowest BCUT2D eigenvalue weighted by Crippen LogP contribution is -2.18. The van der Waals surface area contributed by atoms with Crippen molar-refractivity contribution in [1.82, 2.24) is 0 Å². The van der Waals surface area contributed by atoms with Crippen LogP contribution in [0.4, 0.5) is 11.4 Å². The lowest BCUT2D eigenvalue weighted by Gasteiger charge is -2.13. The van der Waals surface area contributed by atoms with E-state index in [1.807, 2.05) is 19.1 Å². The Morgan fingerprint density at radius 2 is 2.29 bits per heavy atom. The molecular formula is C10H15ClN2O. The fourth-order valence-electron chi connectivity index (χ4n) is 1.01. The lowest BCUT2D eigenvalue weighted by atomic mass is 10.2. The molecule has 0 saturated carbocycles. The van der Waals surface area contributed by atoms with Gasteiger partial charge in [-0.05, 0) is 25.1 Å².